The molecule has 8 heteroatoms. The van der Waals surface area contributed by atoms with Crippen LogP contribution in [-0.2, 0) is 25.6 Å². The van der Waals surface area contributed by atoms with Crippen LogP contribution in [0.3, 0.4) is 0 Å². The van der Waals surface area contributed by atoms with E-state index in [2.05, 4.69) is 10.6 Å². The van der Waals surface area contributed by atoms with Crippen molar-refractivity contribution in [1.82, 2.24) is 5.32 Å². The first-order chi connectivity index (χ1) is 20.6. The number of aryl methyl sites for hydroxylation is 1. The molecule has 0 bridgehead atoms. The number of carbonyl (C=O) groups excluding carboxylic acids is 1. The number of carbonyl (C=O) groups is 1. The van der Waals surface area contributed by atoms with Crippen LogP contribution in [0, 0.1) is 6.92 Å². The van der Waals surface area contributed by atoms with E-state index in [1.807, 2.05) is 67.6 Å². The lowest BCUT2D eigenvalue weighted by Gasteiger charge is -2.15. The van der Waals surface area contributed by atoms with Crippen molar-refractivity contribution in [1.29, 1.82) is 0 Å². The predicted octanol–water partition coefficient (Wildman–Crippen LogP) is 9.10. The summed E-state index contributed by atoms with van der Waals surface area (Å²) in [4.78, 5) is 13.4. The Morgan fingerprint density at radius 2 is 1.60 bits per heavy atom. The molecule has 1 heterocycles. The molecular formula is C35H28ClF3N2O2. The number of rotatable bonds is 7. The minimum absolute atomic E-state index is 0.230. The maximum atomic E-state index is 13.4. The van der Waals surface area contributed by atoms with Gasteiger partial charge in [0.1, 0.15) is 11.5 Å². The van der Waals surface area contributed by atoms with Crippen LogP contribution in [0.15, 0.2) is 101 Å². The van der Waals surface area contributed by atoms with Crippen LogP contribution in [0.5, 0.6) is 0 Å². The number of nitrogens with one attached hydrogen (secondary N) is 2. The summed E-state index contributed by atoms with van der Waals surface area (Å²) < 4.78 is 45.3. The van der Waals surface area contributed by atoms with Gasteiger partial charge in [-0.3, -0.25) is 4.79 Å². The number of hydrogen-bond acceptors (Lipinski definition) is 3. The molecule has 2 N–H and O–H groups in total. The molecule has 1 atom stereocenters. The van der Waals surface area contributed by atoms with E-state index in [9.17, 15) is 18.0 Å². The lowest BCUT2D eigenvalue weighted by molar-refractivity contribution is -0.137. The van der Waals surface area contributed by atoms with Crippen molar-refractivity contribution in [3.05, 3.63) is 136 Å². The molecule has 0 saturated heterocycles. The third-order valence-electron chi connectivity index (χ3n) is 7.77. The van der Waals surface area contributed by atoms with Crippen LogP contribution in [0.1, 0.15) is 38.4 Å². The highest BCUT2D eigenvalue weighted by atomic mass is 35.5. The van der Waals surface area contributed by atoms with Gasteiger partial charge in [0, 0.05) is 27.9 Å². The lowest BCUT2D eigenvalue weighted by Crippen LogP contribution is -2.28. The molecule has 1 aliphatic carbocycles. The maximum Gasteiger partial charge on any atom is 0.416 e. The highest BCUT2D eigenvalue weighted by Crippen LogP contribution is 2.34. The van der Waals surface area contributed by atoms with Crippen molar-refractivity contribution in [2.75, 3.05) is 5.32 Å². The summed E-state index contributed by atoms with van der Waals surface area (Å²) in [5, 5.41) is 7.25. The van der Waals surface area contributed by atoms with Gasteiger partial charge in [-0.2, -0.15) is 13.2 Å². The Kier molecular flexibility index (Phi) is 7.86. The van der Waals surface area contributed by atoms with Gasteiger partial charge in [0.25, 0.3) is 5.91 Å². The van der Waals surface area contributed by atoms with Crippen LogP contribution in [0.25, 0.3) is 22.5 Å². The molecule has 0 aliphatic heterocycles. The maximum absolute atomic E-state index is 13.4. The van der Waals surface area contributed by atoms with E-state index in [1.165, 1.54) is 17.7 Å². The highest BCUT2D eigenvalue weighted by molar-refractivity contribution is 6.30. The number of fused-ring (bicyclic) bond motifs is 1. The topological polar surface area (TPSA) is 54.3 Å². The largest absolute Gasteiger partial charge is 0.460 e. The smallest absolute Gasteiger partial charge is 0.416 e. The summed E-state index contributed by atoms with van der Waals surface area (Å²) in [6.07, 6.45) is -2.75. The zero-order chi connectivity index (χ0) is 30.1. The van der Waals surface area contributed by atoms with E-state index >= 15 is 0 Å². The number of furan rings is 1. The standard InChI is InChI=1S/C35H28ClF3N2O2/c1-21-3-2-4-31(33(21)23-5-10-26(11-6-23)35(37,38)39)34(42)41-28-14-9-24-17-29(19-25(24)18-28)40-20-30-15-16-32(43-30)22-7-12-27(36)13-8-22/h2-16,18,29,40H,17,19-20H2,1H3,(H,41,42). The SMILES string of the molecule is Cc1cccc(C(=O)Nc2ccc3c(c2)CC(NCc2ccc(-c4ccc(Cl)cc4)o2)C3)c1-c1ccc(C(F)(F)F)cc1. The van der Waals surface area contributed by atoms with E-state index in [4.69, 9.17) is 16.0 Å². The molecule has 6 rings (SSSR count). The molecule has 0 saturated carbocycles. The van der Waals surface area contributed by atoms with Gasteiger partial charge in [-0.15, -0.1) is 0 Å². The number of hydrogen-bond donors (Lipinski definition) is 2. The lowest BCUT2D eigenvalue weighted by atomic mass is 9.93. The first-order valence-corrected chi connectivity index (χ1v) is 14.3. The fraction of sp³-hybridized carbons (Fsp3) is 0.171. The fourth-order valence-electron chi connectivity index (χ4n) is 5.59. The molecule has 4 nitrogen and oxygen atoms in total. The van der Waals surface area contributed by atoms with E-state index in [-0.39, 0.29) is 11.9 Å². The van der Waals surface area contributed by atoms with Gasteiger partial charge in [-0.25, -0.2) is 0 Å². The van der Waals surface area contributed by atoms with Crippen LogP contribution >= 0.6 is 11.6 Å². The molecule has 0 fully saturated rings. The molecule has 43 heavy (non-hydrogen) atoms. The molecule has 4 aromatic carbocycles. The number of halogens is 4. The first kappa shape index (κ1) is 28.8. The van der Waals surface area contributed by atoms with E-state index < -0.39 is 11.7 Å². The normalized spacial score (nSPS) is 14.5. The van der Waals surface area contributed by atoms with Crippen molar-refractivity contribution < 1.29 is 22.4 Å². The summed E-state index contributed by atoms with van der Waals surface area (Å²) in [5.74, 6) is 1.31. The number of anilines is 1. The Hall–Kier alpha value is -4.33. The summed E-state index contributed by atoms with van der Waals surface area (Å²) in [7, 11) is 0. The average Bonchev–Trinajstić information content (AvgIpc) is 3.63. The second-order valence-electron chi connectivity index (χ2n) is 10.8. The summed E-state index contributed by atoms with van der Waals surface area (Å²) in [5.41, 5.74) is 5.64. The van der Waals surface area contributed by atoms with E-state index in [0.717, 1.165) is 53.2 Å². The van der Waals surface area contributed by atoms with Gasteiger partial charge < -0.3 is 15.1 Å². The van der Waals surface area contributed by atoms with Crippen LogP contribution < -0.4 is 10.6 Å². The van der Waals surface area contributed by atoms with Gasteiger partial charge in [0.15, 0.2) is 0 Å². The molecule has 5 aromatic rings. The molecule has 1 aromatic heterocycles. The second-order valence-corrected chi connectivity index (χ2v) is 11.2. The third kappa shape index (κ3) is 6.38. The van der Waals surface area contributed by atoms with E-state index in [1.54, 1.807) is 12.1 Å². The van der Waals surface area contributed by atoms with Crippen LogP contribution in [-0.4, -0.2) is 11.9 Å². The summed E-state index contributed by atoms with van der Waals surface area (Å²) in [6.45, 7) is 2.43. The highest BCUT2D eigenvalue weighted by Gasteiger charge is 2.30. The zero-order valence-electron chi connectivity index (χ0n) is 23.3. The molecule has 218 valence electrons. The zero-order valence-corrected chi connectivity index (χ0v) is 24.0. The molecule has 0 radical (unpaired) electrons. The Balaban J connectivity index is 1.11. The van der Waals surface area contributed by atoms with Crippen molar-refractivity contribution in [3.63, 3.8) is 0 Å². The van der Waals surface area contributed by atoms with Gasteiger partial charge in [-0.05, 0) is 114 Å². The Morgan fingerprint density at radius 3 is 2.35 bits per heavy atom. The molecule has 0 spiro atoms. The minimum Gasteiger partial charge on any atom is -0.460 e. The molecular weight excluding hydrogens is 573 g/mol. The number of benzene rings is 4. The van der Waals surface area contributed by atoms with Crippen molar-refractivity contribution in [3.8, 4) is 22.5 Å². The Labute approximate surface area is 252 Å². The summed E-state index contributed by atoms with van der Waals surface area (Å²) in [6, 6.07) is 27.8. The average molecular weight is 601 g/mol. The molecule has 1 amide bonds. The number of alkyl halides is 3. The predicted molar refractivity (Wildman–Crippen MR) is 163 cm³/mol. The molecule has 1 aliphatic rings. The Bertz CT molecular complexity index is 1780. The minimum atomic E-state index is -4.42. The number of amides is 1. The third-order valence-corrected chi connectivity index (χ3v) is 8.02. The fourth-order valence-corrected chi connectivity index (χ4v) is 5.72. The van der Waals surface area contributed by atoms with Crippen molar-refractivity contribution >= 4 is 23.2 Å². The van der Waals surface area contributed by atoms with Crippen LogP contribution in [0.2, 0.25) is 5.02 Å². The van der Waals surface area contributed by atoms with Crippen LogP contribution in [0.4, 0.5) is 18.9 Å². The van der Waals surface area contributed by atoms with Crippen molar-refractivity contribution in [2.24, 2.45) is 0 Å². The molecule has 1 unspecified atom stereocenters. The second kappa shape index (κ2) is 11.7. The van der Waals surface area contributed by atoms with Crippen molar-refractivity contribution in [2.45, 2.75) is 38.5 Å². The van der Waals surface area contributed by atoms with Gasteiger partial charge >= 0.3 is 6.18 Å². The van der Waals surface area contributed by atoms with E-state index in [0.29, 0.717) is 33.9 Å². The summed E-state index contributed by atoms with van der Waals surface area (Å²) >= 11 is 5.99. The first-order valence-electron chi connectivity index (χ1n) is 13.9. The Morgan fingerprint density at radius 1 is 0.884 bits per heavy atom. The van der Waals surface area contributed by atoms with Gasteiger partial charge in [0.2, 0.25) is 0 Å². The monoisotopic (exact) mass is 600 g/mol. The van der Waals surface area contributed by atoms with Gasteiger partial charge in [0.05, 0.1) is 12.1 Å². The van der Waals surface area contributed by atoms with Gasteiger partial charge in [-0.1, -0.05) is 41.9 Å². The quantitative estimate of drug-likeness (QED) is 0.196.